The molecule has 0 saturated heterocycles. The molecule has 7 aromatic rings. The number of anilines is 1. The fraction of sp³-hybridized carbons (Fsp3) is 0.0312. The van der Waals surface area contributed by atoms with Gasteiger partial charge in [-0.05, 0) is 47.5 Å². The largest absolute Gasteiger partial charge is 0.358 e. The second-order valence-corrected chi connectivity index (χ2v) is 9.68. The summed E-state index contributed by atoms with van der Waals surface area (Å²) in [5.74, 6) is 0.0928. The molecule has 5 heterocycles. The molecule has 2 aromatic carbocycles. The van der Waals surface area contributed by atoms with Crippen LogP contribution >= 0.6 is 0 Å². The molecule has 0 aliphatic carbocycles. The second-order valence-electron chi connectivity index (χ2n) is 9.68. The first kappa shape index (κ1) is 24.3. The third-order valence-electron chi connectivity index (χ3n) is 6.86. The lowest BCUT2D eigenvalue weighted by atomic mass is 10.0. The molecule has 3 N–H and O–H groups in total. The number of imidazole rings is 1. The van der Waals surface area contributed by atoms with Crippen molar-refractivity contribution in [2.45, 2.75) is 6.42 Å². The van der Waals surface area contributed by atoms with Crippen molar-refractivity contribution in [1.82, 2.24) is 35.1 Å². The number of pyridine rings is 3. The summed E-state index contributed by atoms with van der Waals surface area (Å²) in [6.45, 7) is 4.16. The fourth-order valence-electron chi connectivity index (χ4n) is 4.95. The average Bonchev–Trinajstić information content (AvgIpc) is 3.63. The molecule has 0 aliphatic heterocycles. The van der Waals surface area contributed by atoms with Crippen molar-refractivity contribution in [3.8, 4) is 33.9 Å². The Hall–Kier alpha value is -5.70. The molecule has 0 unspecified atom stereocenters. The van der Waals surface area contributed by atoms with E-state index < -0.39 is 5.82 Å². The summed E-state index contributed by atoms with van der Waals surface area (Å²) in [4.78, 5) is 21.2. The standard InChI is InChI=1S/C32H23FN8/c1-19(13-20-5-3-2-4-6-20)37-24-14-23(17-35-18-24)22-15-25-29(26(33)16-22)40-41-30(25)32-38-27-9-12-36-28(31(27)39-32)21-7-10-34-11-8-21/h2-12,14-18,37H,1,13H2,(H,38,39)(H,40,41). The summed E-state index contributed by atoms with van der Waals surface area (Å²) in [5.41, 5.74) is 8.12. The van der Waals surface area contributed by atoms with Gasteiger partial charge in [-0.15, -0.1) is 0 Å². The Morgan fingerprint density at radius 2 is 1.71 bits per heavy atom. The summed E-state index contributed by atoms with van der Waals surface area (Å²) < 4.78 is 15.3. The Morgan fingerprint density at radius 3 is 2.56 bits per heavy atom. The number of nitrogens with zero attached hydrogens (tertiary/aromatic N) is 5. The number of rotatable bonds is 7. The van der Waals surface area contributed by atoms with E-state index in [1.54, 1.807) is 31.0 Å². The van der Waals surface area contributed by atoms with E-state index in [2.05, 4.69) is 54.2 Å². The monoisotopic (exact) mass is 538 g/mol. The lowest BCUT2D eigenvalue weighted by Gasteiger charge is -2.11. The molecule has 8 nitrogen and oxygen atoms in total. The minimum atomic E-state index is -0.442. The molecule has 7 rings (SSSR count). The second kappa shape index (κ2) is 10.1. The number of allylic oxidation sites excluding steroid dienone is 1. The van der Waals surface area contributed by atoms with Gasteiger partial charge in [0.15, 0.2) is 11.6 Å². The predicted octanol–water partition coefficient (Wildman–Crippen LogP) is 6.93. The van der Waals surface area contributed by atoms with Gasteiger partial charge in [0, 0.05) is 53.4 Å². The highest BCUT2D eigenvalue weighted by atomic mass is 19.1. The molecule has 0 saturated carbocycles. The van der Waals surface area contributed by atoms with E-state index in [9.17, 15) is 0 Å². The zero-order valence-corrected chi connectivity index (χ0v) is 21.8. The molecule has 0 radical (unpaired) electrons. The van der Waals surface area contributed by atoms with Gasteiger partial charge in [-0.25, -0.2) is 9.37 Å². The highest BCUT2D eigenvalue weighted by Gasteiger charge is 2.18. The van der Waals surface area contributed by atoms with Crippen LogP contribution in [0.15, 0.2) is 110 Å². The molecule has 0 amide bonds. The first-order valence-corrected chi connectivity index (χ1v) is 13.0. The van der Waals surface area contributed by atoms with Gasteiger partial charge in [-0.3, -0.25) is 20.1 Å². The summed E-state index contributed by atoms with van der Waals surface area (Å²) in [6.07, 6.45) is 9.27. The molecule has 0 spiro atoms. The quantitative estimate of drug-likeness (QED) is 0.203. The fourth-order valence-corrected chi connectivity index (χ4v) is 4.95. The van der Waals surface area contributed by atoms with Gasteiger partial charge in [0.2, 0.25) is 0 Å². The molecule has 0 atom stereocenters. The van der Waals surface area contributed by atoms with Crippen LogP contribution in [-0.2, 0) is 6.42 Å². The summed E-state index contributed by atoms with van der Waals surface area (Å²) in [7, 11) is 0. The lowest BCUT2D eigenvalue weighted by molar-refractivity contribution is 0.636. The third kappa shape index (κ3) is 4.70. The van der Waals surface area contributed by atoms with Crippen LogP contribution in [0, 0.1) is 5.82 Å². The molecular formula is C32H23FN8. The van der Waals surface area contributed by atoms with E-state index in [1.807, 2.05) is 48.5 Å². The highest BCUT2D eigenvalue weighted by Crippen LogP contribution is 2.34. The number of fused-ring (bicyclic) bond motifs is 2. The number of benzene rings is 2. The number of hydrogen-bond acceptors (Lipinski definition) is 6. The molecule has 198 valence electrons. The maximum absolute atomic E-state index is 15.3. The van der Waals surface area contributed by atoms with Crippen molar-refractivity contribution in [2.75, 3.05) is 5.32 Å². The van der Waals surface area contributed by atoms with Crippen LogP contribution < -0.4 is 5.32 Å². The van der Waals surface area contributed by atoms with Crippen molar-refractivity contribution in [1.29, 1.82) is 0 Å². The average molecular weight is 539 g/mol. The van der Waals surface area contributed by atoms with Crippen LogP contribution in [0.25, 0.3) is 55.8 Å². The number of aromatic amines is 2. The Bertz CT molecular complexity index is 2030. The number of hydrogen-bond donors (Lipinski definition) is 3. The van der Waals surface area contributed by atoms with E-state index in [4.69, 9.17) is 4.98 Å². The molecular weight excluding hydrogens is 515 g/mol. The van der Waals surface area contributed by atoms with E-state index >= 15 is 4.39 Å². The Labute approximate surface area is 234 Å². The first-order valence-electron chi connectivity index (χ1n) is 13.0. The molecule has 0 bridgehead atoms. The Kier molecular flexibility index (Phi) is 6.01. The topological polar surface area (TPSA) is 108 Å². The number of halogens is 1. The van der Waals surface area contributed by atoms with Crippen LogP contribution in [0.3, 0.4) is 0 Å². The minimum Gasteiger partial charge on any atom is -0.358 e. The Balaban J connectivity index is 1.24. The number of aromatic nitrogens is 7. The van der Waals surface area contributed by atoms with Crippen LogP contribution in [0.1, 0.15) is 5.56 Å². The molecule has 0 fully saturated rings. The van der Waals surface area contributed by atoms with Gasteiger partial charge in [0.05, 0.1) is 23.1 Å². The van der Waals surface area contributed by atoms with Crippen LogP contribution in [0.5, 0.6) is 0 Å². The van der Waals surface area contributed by atoms with Gasteiger partial charge < -0.3 is 10.3 Å². The zero-order chi connectivity index (χ0) is 27.8. The van der Waals surface area contributed by atoms with E-state index in [1.165, 1.54) is 6.07 Å². The van der Waals surface area contributed by atoms with Crippen molar-refractivity contribution < 1.29 is 4.39 Å². The van der Waals surface area contributed by atoms with Crippen molar-refractivity contribution in [3.63, 3.8) is 0 Å². The van der Waals surface area contributed by atoms with Gasteiger partial charge in [-0.2, -0.15) is 5.10 Å². The van der Waals surface area contributed by atoms with E-state index in [0.29, 0.717) is 34.4 Å². The smallest absolute Gasteiger partial charge is 0.157 e. The van der Waals surface area contributed by atoms with E-state index in [-0.39, 0.29) is 5.52 Å². The summed E-state index contributed by atoms with van der Waals surface area (Å²) in [6, 6.07) is 21.0. The van der Waals surface area contributed by atoms with Crippen molar-refractivity contribution in [3.05, 3.63) is 121 Å². The van der Waals surface area contributed by atoms with Gasteiger partial charge in [-0.1, -0.05) is 36.9 Å². The number of nitrogens with one attached hydrogen (secondary N) is 3. The predicted molar refractivity (Wildman–Crippen MR) is 158 cm³/mol. The van der Waals surface area contributed by atoms with Crippen LogP contribution in [-0.4, -0.2) is 35.1 Å². The maximum atomic E-state index is 15.3. The highest BCUT2D eigenvalue weighted by molar-refractivity contribution is 5.97. The zero-order valence-electron chi connectivity index (χ0n) is 21.8. The third-order valence-corrected chi connectivity index (χ3v) is 6.86. The normalized spacial score (nSPS) is 11.2. The molecule has 5 aromatic heterocycles. The van der Waals surface area contributed by atoms with Gasteiger partial charge >= 0.3 is 0 Å². The first-order chi connectivity index (χ1) is 20.1. The van der Waals surface area contributed by atoms with Gasteiger partial charge in [0.25, 0.3) is 0 Å². The maximum Gasteiger partial charge on any atom is 0.157 e. The lowest BCUT2D eigenvalue weighted by Crippen LogP contribution is -2.02. The number of H-pyrrole nitrogens is 2. The molecule has 41 heavy (non-hydrogen) atoms. The summed E-state index contributed by atoms with van der Waals surface area (Å²) in [5, 5.41) is 11.2. The van der Waals surface area contributed by atoms with E-state index in [0.717, 1.165) is 39.3 Å². The Morgan fingerprint density at radius 1 is 0.854 bits per heavy atom. The van der Waals surface area contributed by atoms with Crippen LogP contribution in [0.2, 0.25) is 0 Å². The molecule has 9 heteroatoms. The van der Waals surface area contributed by atoms with Crippen molar-refractivity contribution >= 4 is 27.6 Å². The van der Waals surface area contributed by atoms with Crippen molar-refractivity contribution in [2.24, 2.45) is 0 Å². The SMILES string of the molecule is C=C(Cc1ccccc1)Nc1cncc(-c2cc(F)c3n[nH]c(-c4nc5c(-c6ccncc6)nccc5[nH]4)c3c2)c1. The van der Waals surface area contributed by atoms with Gasteiger partial charge in [0.1, 0.15) is 16.7 Å². The molecule has 0 aliphatic rings. The van der Waals surface area contributed by atoms with Crippen LogP contribution in [0.4, 0.5) is 10.1 Å². The minimum absolute atomic E-state index is 0.232. The summed E-state index contributed by atoms with van der Waals surface area (Å²) >= 11 is 0.